The molecule has 0 heterocycles. The Morgan fingerprint density at radius 3 is 2.58 bits per heavy atom. The van der Waals surface area contributed by atoms with E-state index in [1.54, 1.807) is 36.4 Å². The highest BCUT2D eigenvalue weighted by Crippen LogP contribution is 2.33. The highest BCUT2D eigenvalue weighted by Gasteiger charge is 2.13. The smallest absolute Gasteiger partial charge is 0.346 e. The molecule has 2 aromatic rings. The number of nitrogens with zero attached hydrogens (tertiary/aromatic N) is 1. The number of hydrogen-bond donors (Lipinski definition) is 1. The number of rotatable bonds is 6. The number of carbonyl (C=O) groups is 1. The molecule has 0 spiro atoms. The summed E-state index contributed by atoms with van der Waals surface area (Å²) in [4.78, 5) is 11.0. The van der Waals surface area contributed by atoms with Gasteiger partial charge in [0.25, 0.3) is 0 Å². The van der Waals surface area contributed by atoms with E-state index in [0.29, 0.717) is 22.1 Å². The monoisotopic (exact) mass is 343 g/mol. The number of methoxy groups -OCH3 is 1. The van der Waals surface area contributed by atoms with Crippen molar-refractivity contribution in [2.24, 2.45) is 0 Å². The van der Waals surface area contributed by atoms with Gasteiger partial charge >= 0.3 is 5.97 Å². The molecular weight excluding hydrogens is 330 g/mol. The molecule has 1 N–H and O–H groups in total. The fraction of sp³-hybridized carbons (Fsp3) is 0.111. The number of hydrogen-bond acceptors (Lipinski definition) is 4. The second-order valence-corrected chi connectivity index (χ2v) is 5.21. The number of para-hydroxylation sites is 1. The van der Waals surface area contributed by atoms with Crippen molar-refractivity contribution < 1.29 is 19.4 Å². The second kappa shape index (κ2) is 8.04. The molecule has 0 aliphatic carbocycles. The number of carboxylic acid groups (broad SMARTS) is 1. The first-order chi connectivity index (χ1) is 11.5. The average molecular weight is 344 g/mol. The number of nitriles is 1. The van der Waals surface area contributed by atoms with Gasteiger partial charge in [0.1, 0.15) is 18.2 Å². The zero-order chi connectivity index (χ0) is 17.5. The van der Waals surface area contributed by atoms with Crippen LogP contribution in [-0.2, 0) is 11.4 Å². The Morgan fingerprint density at radius 1 is 1.29 bits per heavy atom. The molecule has 2 aromatic carbocycles. The van der Waals surface area contributed by atoms with E-state index >= 15 is 0 Å². The first-order valence-corrected chi connectivity index (χ1v) is 7.32. The van der Waals surface area contributed by atoms with Gasteiger partial charge < -0.3 is 14.6 Å². The maximum absolute atomic E-state index is 11.0. The molecule has 0 fully saturated rings. The third-order valence-electron chi connectivity index (χ3n) is 3.18. The average Bonchev–Trinajstić information content (AvgIpc) is 2.59. The minimum Gasteiger partial charge on any atom is -0.493 e. The topological polar surface area (TPSA) is 79.5 Å². The predicted molar refractivity (Wildman–Crippen MR) is 90.0 cm³/mol. The zero-order valence-electron chi connectivity index (χ0n) is 12.8. The number of halogens is 1. The number of benzene rings is 2. The van der Waals surface area contributed by atoms with Crippen molar-refractivity contribution in [2.45, 2.75) is 6.61 Å². The van der Waals surface area contributed by atoms with Crippen LogP contribution in [0, 0.1) is 11.3 Å². The van der Waals surface area contributed by atoms with Crippen molar-refractivity contribution in [3.63, 3.8) is 0 Å². The second-order valence-electron chi connectivity index (χ2n) is 4.77. The summed E-state index contributed by atoms with van der Waals surface area (Å²) in [5, 5.41) is 18.6. The molecule has 122 valence electrons. The van der Waals surface area contributed by atoms with E-state index in [4.69, 9.17) is 31.4 Å². The van der Waals surface area contributed by atoms with Gasteiger partial charge in [-0.1, -0.05) is 35.9 Å². The normalized spacial score (nSPS) is 10.8. The Bertz CT molecular complexity index is 807. The summed E-state index contributed by atoms with van der Waals surface area (Å²) in [7, 11) is 1.49. The Morgan fingerprint density at radius 2 is 2.00 bits per heavy atom. The SMILES string of the molecule is COc1cccc(/C=C(\C#N)C(=O)O)c1OCc1ccc(Cl)cc1. The van der Waals surface area contributed by atoms with E-state index in [2.05, 4.69) is 0 Å². The molecule has 5 nitrogen and oxygen atoms in total. The lowest BCUT2D eigenvalue weighted by atomic mass is 10.1. The van der Waals surface area contributed by atoms with E-state index in [1.807, 2.05) is 12.1 Å². The van der Waals surface area contributed by atoms with Crippen molar-refractivity contribution in [3.8, 4) is 17.6 Å². The lowest BCUT2D eigenvalue weighted by molar-refractivity contribution is -0.132. The molecule has 0 aromatic heterocycles. The Balaban J connectivity index is 2.35. The molecule has 0 aliphatic rings. The van der Waals surface area contributed by atoms with Crippen LogP contribution < -0.4 is 9.47 Å². The molecule has 6 heteroatoms. The summed E-state index contributed by atoms with van der Waals surface area (Å²) in [5.74, 6) is -0.492. The molecular formula is C18H14ClNO4. The fourth-order valence-electron chi connectivity index (χ4n) is 2.00. The van der Waals surface area contributed by atoms with Gasteiger partial charge in [-0.3, -0.25) is 0 Å². The van der Waals surface area contributed by atoms with Crippen LogP contribution in [0.25, 0.3) is 6.08 Å². The van der Waals surface area contributed by atoms with Crippen molar-refractivity contribution in [3.05, 3.63) is 64.2 Å². The highest BCUT2D eigenvalue weighted by atomic mass is 35.5. The van der Waals surface area contributed by atoms with Gasteiger partial charge in [-0.25, -0.2) is 4.79 Å². The Labute approximate surface area is 144 Å². The largest absolute Gasteiger partial charge is 0.493 e. The van der Waals surface area contributed by atoms with Crippen molar-refractivity contribution in [1.82, 2.24) is 0 Å². The van der Waals surface area contributed by atoms with Gasteiger partial charge in [0.05, 0.1) is 7.11 Å². The summed E-state index contributed by atoms with van der Waals surface area (Å²) in [6.45, 7) is 0.243. The lowest BCUT2D eigenvalue weighted by Crippen LogP contribution is -2.01. The van der Waals surface area contributed by atoms with Gasteiger partial charge in [0.15, 0.2) is 11.5 Å². The standard InChI is InChI=1S/C18H14ClNO4/c1-23-16-4-2-3-13(9-14(10-20)18(21)22)17(16)24-11-12-5-7-15(19)8-6-12/h2-9H,11H2,1H3,(H,21,22)/b14-9+. The van der Waals surface area contributed by atoms with Gasteiger partial charge in [0.2, 0.25) is 0 Å². The Kier molecular flexibility index (Phi) is 5.83. The summed E-state index contributed by atoms with van der Waals surface area (Å²) < 4.78 is 11.1. The van der Waals surface area contributed by atoms with Gasteiger partial charge in [-0.05, 0) is 29.8 Å². The molecule has 2 rings (SSSR count). The molecule has 0 unspecified atom stereocenters. The molecule has 24 heavy (non-hydrogen) atoms. The van der Waals surface area contributed by atoms with Crippen molar-refractivity contribution in [2.75, 3.05) is 7.11 Å². The molecule has 0 saturated carbocycles. The van der Waals surface area contributed by atoms with E-state index < -0.39 is 5.97 Å². The first kappa shape index (κ1) is 17.4. The minimum absolute atomic E-state index is 0.243. The summed E-state index contributed by atoms with van der Waals surface area (Å²) >= 11 is 5.85. The van der Waals surface area contributed by atoms with Crippen LogP contribution in [0.15, 0.2) is 48.0 Å². The van der Waals surface area contributed by atoms with Crippen LogP contribution in [0.3, 0.4) is 0 Å². The lowest BCUT2D eigenvalue weighted by Gasteiger charge is -2.13. The molecule has 0 atom stereocenters. The zero-order valence-corrected chi connectivity index (χ0v) is 13.6. The quantitative estimate of drug-likeness (QED) is 0.635. The van der Waals surface area contributed by atoms with Gasteiger partial charge in [0, 0.05) is 10.6 Å². The highest BCUT2D eigenvalue weighted by molar-refractivity contribution is 6.30. The molecule has 0 radical (unpaired) electrons. The van der Waals surface area contributed by atoms with E-state index in [-0.39, 0.29) is 12.2 Å². The van der Waals surface area contributed by atoms with Crippen LogP contribution in [0.4, 0.5) is 0 Å². The summed E-state index contributed by atoms with van der Waals surface area (Å²) in [5.41, 5.74) is 0.945. The van der Waals surface area contributed by atoms with Crippen molar-refractivity contribution >= 4 is 23.6 Å². The molecule has 0 bridgehead atoms. The van der Waals surface area contributed by atoms with Crippen LogP contribution in [0.1, 0.15) is 11.1 Å². The molecule has 0 saturated heterocycles. The summed E-state index contributed by atoms with van der Waals surface area (Å²) in [6, 6.07) is 13.8. The maximum atomic E-state index is 11.0. The number of ether oxygens (including phenoxy) is 2. The van der Waals surface area contributed by atoms with E-state index in [9.17, 15) is 4.79 Å². The molecule has 0 amide bonds. The number of carboxylic acids is 1. The summed E-state index contributed by atoms with van der Waals surface area (Å²) in [6.07, 6.45) is 1.25. The van der Waals surface area contributed by atoms with Crippen LogP contribution in [0.2, 0.25) is 5.02 Å². The first-order valence-electron chi connectivity index (χ1n) is 6.94. The molecule has 0 aliphatic heterocycles. The number of aliphatic carboxylic acids is 1. The van der Waals surface area contributed by atoms with E-state index in [1.165, 1.54) is 13.2 Å². The third kappa shape index (κ3) is 4.28. The van der Waals surface area contributed by atoms with Gasteiger partial charge in [-0.15, -0.1) is 0 Å². The van der Waals surface area contributed by atoms with Crippen LogP contribution >= 0.6 is 11.6 Å². The van der Waals surface area contributed by atoms with Gasteiger partial charge in [-0.2, -0.15) is 5.26 Å². The van der Waals surface area contributed by atoms with Crippen LogP contribution in [-0.4, -0.2) is 18.2 Å². The Hall–Kier alpha value is -2.97. The van der Waals surface area contributed by atoms with Crippen molar-refractivity contribution in [1.29, 1.82) is 5.26 Å². The third-order valence-corrected chi connectivity index (χ3v) is 3.43. The van der Waals surface area contributed by atoms with E-state index in [0.717, 1.165) is 5.56 Å². The minimum atomic E-state index is -1.30. The predicted octanol–water partition coefficient (Wildman–Crippen LogP) is 3.92. The maximum Gasteiger partial charge on any atom is 0.346 e. The van der Waals surface area contributed by atoms with Crippen LogP contribution in [0.5, 0.6) is 11.5 Å². The fourth-order valence-corrected chi connectivity index (χ4v) is 2.12.